The Kier molecular flexibility index (Phi) is 4.02. The SMILES string of the molecule is CCc1cccc(CC)c1N1CC(CO)CC1=O. The number of aliphatic hydroxyl groups is 1. The predicted octanol–water partition coefficient (Wildman–Crippen LogP) is 2.16. The summed E-state index contributed by atoms with van der Waals surface area (Å²) in [5.41, 5.74) is 3.53. The third kappa shape index (κ3) is 2.27. The van der Waals surface area contributed by atoms with Gasteiger partial charge in [0.2, 0.25) is 5.91 Å². The number of benzene rings is 1. The first-order chi connectivity index (χ1) is 8.71. The highest BCUT2D eigenvalue weighted by Gasteiger charge is 2.31. The molecule has 0 bridgehead atoms. The summed E-state index contributed by atoms with van der Waals surface area (Å²) in [5, 5.41) is 9.22. The molecule has 1 aliphatic rings. The van der Waals surface area contributed by atoms with Crippen molar-refractivity contribution in [3.63, 3.8) is 0 Å². The molecule has 1 saturated heterocycles. The lowest BCUT2D eigenvalue weighted by Gasteiger charge is -2.23. The standard InChI is InChI=1S/C15H21NO2/c1-3-12-6-5-7-13(4-2)15(12)16-9-11(10-17)8-14(16)18/h5-7,11,17H,3-4,8-10H2,1-2H3. The first-order valence-electron chi connectivity index (χ1n) is 6.73. The molecule has 3 heteroatoms. The van der Waals surface area contributed by atoms with Gasteiger partial charge in [-0.1, -0.05) is 32.0 Å². The lowest BCUT2D eigenvalue weighted by Crippen LogP contribution is -2.27. The molecule has 0 spiro atoms. The normalized spacial score (nSPS) is 19.6. The second-order valence-electron chi connectivity index (χ2n) is 4.89. The van der Waals surface area contributed by atoms with Crippen molar-refractivity contribution >= 4 is 11.6 Å². The largest absolute Gasteiger partial charge is 0.396 e. The maximum absolute atomic E-state index is 12.1. The van der Waals surface area contributed by atoms with E-state index in [0.717, 1.165) is 18.5 Å². The molecule has 2 rings (SSSR count). The summed E-state index contributed by atoms with van der Waals surface area (Å²) in [6.45, 7) is 4.97. The summed E-state index contributed by atoms with van der Waals surface area (Å²) < 4.78 is 0. The van der Waals surface area contributed by atoms with Crippen molar-refractivity contribution < 1.29 is 9.90 Å². The van der Waals surface area contributed by atoms with E-state index in [1.165, 1.54) is 11.1 Å². The lowest BCUT2D eigenvalue weighted by atomic mass is 10.0. The zero-order chi connectivity index (χ0) is 13.1. The molecule has 0 aromatic heterocycles. The van der Waals surface area contributed by atoms with Crippen LogP contribution in [-0.4, -0.2) is 24.2 Å². The van der Waals surface area contributed by atoms with Gasteiger partial charge in [-0.3, -0.25) is 4.79 Å². The molecule has 1 heterocycles. The molecule has 1 aromatic rings. The van der Waals surface area contributed by atoms with Gasteiger partial charge < -0.3 is 10.0 Å². The van der Waals surface area contributed by atoms with Gasteiger partial charge in [0.1, 0.15) is 0 Å². The third-order valence-corrected chi connectivity index (χ3v) is 3.70. The van der Waals surface area contributed by atoms with Gasteiger partial charge in [0.05, 0.1) is 0 Å². The maximum Gasteiger partial charge on any atom is 0.227 e. The Morgan fingerprint density at radius 2 is 1.89 bits per heavy atom. The molecule has 1 unspecified atom stereocenters. The van der Waals surface area contributed by atoms with Gasteiger partial charge in [-0.2, -0.15) is 0 Å². The van der Waals surface area contributed by atoms with Crippen molar-refractivity contribution in [3.8, 4) is 0 Å². The van der Waals surface area contributed by atoms with E-state index < -0.39 is 0 Å². The Bertz CT molecular complexity index is 420. The minimum absolute atomic E-state index is 0.0899. The summed E-state index contributed by atoms with van der Waals surface area (Å²) in [4.78, 5) is 14.0. The number of carbonyl (C=O) groups is 1. The van der Waals surface area contributed by atoms with Crippen LogP contribution in [0.4, 0.5) is 5.69 Å². The molecular weight excluding hydrogens is 226 g/mol. The number of hydrogen-bond acceptors (Lipinski definition) is 2. The van der Waals surface area contributed by atoms with Crippen LogP contribution in [0.3, 0.4) is 0 Å². The zero-order valence-corrected chi connectivity index (χ0v) is 11.1. The molecule has 0 radical (unpaired) electrons. The second kappa shape index (κ2) is 5.53. The first kappa shape index (κ1) is 13.1. The second-order valence-corrected chi connectivity index (χ2v) is 4.89. The first-order valence-corrected chi connectivity index (χ1v) is 6.73. The Labute approximate surface area is 108 Å². The van der Waals surface area contributed by atoms with Crippen molar-refractivity contribution in [3.05, 3.63) is 29.3 Å². The molecule has 1 atom stereocenters. The van der Waals surface area contributed by atoms with E-state index in [4.69, 9.17) is 0 Å². The van der Waals surface area contributed by atoms with Gasteiger partial charge in [-0.05, 0) is 24.0 Å². The monoisotopic (exact) mass is 247 g/mol. The zero-order valence-electron chi connectivity index (χ0n) is 11.1. The highest BCUT2D eigenvalue weighted by Crippen LogP contribution is 2.32. The summed E-state index contributed by atoms with van der Waals surface area (Å²) in [7, 11) is 0. The van der Waals surface area contributed by atoms with E-state index in [9.17, 15) is 9.90 Å². The summed E-state index contributed by atoms with van der Waals surface area (Å²) in [6.07, 6.45) is 2.32. The highest BCUT2D eigenvalue weighted by molar-refractivity contribution is 5.97. The van der Waals surface area contributed by atoms with Gasteiger partial charge in [-0.15, -0.1) is 0 Å². The van der Waals surface area contributed by atoms with Crippen LogP contribution >= 0.6 is 0 Å². The number of rotatable bonds is 4. The molecule has 1 aliphatic heterocycles. The van der Waals surface area contributed by atoms with Crippen molar-refractivity contribution in [2.45, 2.75) is 33.1 Å². The quantitative estimate of drug-likeness (QED) is 0.885. The Morgan fingerprint density at radius 1 is 1.28 bits per heavy atom. The molecule has 3 nitrogen and oxygen atoms in total. The van der Waals surface area contributed by atoms with Crippen LogP contribution in [0.1, 0.15) is 31.4 Å². The van der Waals surface area contributed by atoms with Crippen molar-refractivity contribution in [1.82, 2.24) is 0 Å². The number of para-hydroxylation sites is 1. The van der Waals surface area contributed by atoms with Crippen LogP contribution in [0.2, 0.25) is 0 Å². The number of anilines is 1. The van der Waals surface area contributed by atoms with Crippen LogP contribution in [-0.2, 0) is 17.6 Å². The van der Waals surface area contributed by atoms with E-state index in [2.05, 4.69) is 32.0 Å². The fourth-order valence-electron chi connectivity index (χ4n) is 2.68. The van der Waals surface area contributed by atoms with E-state index >= 15 is 0 Å². The Balaban J connectivity index is 2.40. The molecule has 18 heavy (non-hydrogen) atoms. The van der Waals surface area contributed by atoms with Crippen LogP contribution < -0.4 is 4.90 Å². The average Bonchev–Trinajstić information content (AvgIpc) is 2.78. The molecule has 98 valence electrons. The van der Waals surface area contributed by atoms with Crippen molar-refractivity contribution in [2.24, 2.45) is 5.92 Å². The number of nitrogens with zero attached hydrogens (tertiary/aromatic N) is 1. The number of amides is 1. The van der Waals surface area contributed by atoms with Crippen molar-refractivity contribution in [2.75, 3.05) is 18.1 Å². The van der Waals surface area contributed by atoms with Crippen LogP contribution in [0.15, 0.2) is 18.2 Å². The smallest absolute Gasteiger partial charge is 0.227 e. The molecule has 1 amide bonds. The molecule has 0 saturated carbocycles. The lowest BCUT2D eigenvalue weighted by molar-refractivity contribution is -0.117. The van der Waals surface area contributed by atoms with E-state index in [-0.39, 0.29) is 18.4 Å². The highest BCUT2D eigenvalue weighted by atomic mass is 16.3. The number of aliphatic hydroxyl groups excluding tert-OH is 1. The van der Waals surface area contributed by atoms with Gasteiger partial charge in [-0.25, -0.2) is 0 Å². The number of aryl methyl sites for hydroxylation is 2. The molecule has 1 N–H and O–H groups in total. The van der Waals surface area contributed by atoms with Crippen LogP contribution in [0.25, 0.3) is 0 Å². The van der Waals surface area contributed by atoms with Crippen LogP contribution in [0.5, 0.6) is 0 Å². The minimum atomic E-state index is 0.0899. The summed E-state index contributed by atoms with van der Waals surface area (Å²) >= 11 is 0. The number of carbonyl (C=O) groups excluding carboxylic acids is 1. The van der Waals surface area contributed by atoms with Gasteiger partial charge in [0.15, 0.2) is 0 Å². The molecule has 1 fully saturated rings. The predicted molar refractivity (Wildman–Crippen MR) is 72.7 cm³/mol. The van der Waals surface area contributed by atoms with Crippen LogP contribution in [0, 0.1) is 5.92 Å². The fraction of sp³-hybridized carbons (Fsp3) is 0.533. The summed E-state index contributed by atoms with van der Waals surface area (Å²) in [5.74, 6) is 0.233. The molecule has 1 aromatic carbocycles. The fourth-order valence-corrected chi connectivity index (χ4v) is 2.68. The molecule has 0 aliphatic carbocycles. The Morgan fingerprint density at radius 3 is 2.33 bits per heavy atom. The number of hydrogen-bond donors (Lipinski definition) is 1. The molecular formula is C15H21NO2. The van der Waals surface area contributed by atoms with E-state index in [0.29, 0.717) is 13.0 Å². The summed E-state index contributed by atoms with van der Waals surface area (Å²) in [6, 6.07) is 6.24. The third-order valence-electron chi connectivity index (χ3n) is 3.70. The van der Waals surface area contributed by atoms with E-state index in [1.54, 1.807) is 0 Å². The topological polar surface area (TPSA) is 40.5 Å². The van der Waals surface area contributed by atoms with Gasteiger partial charge in [0.25, 0.3) is 0 Å². The van der Waals surface area contributed by atoms with Gasteiger partial charge >= 0.3 is 0 Å². The maximum atomic E-state index is 12.1. The average molecular weight is 247 g/mol. The Hall–Kier alpha value is -1.35. The van der Waals surface area contributed by atoms with Gasteiger partial charge in [0, 0.05) is 31.2 Å². The van der Waals surface area contributed by atoms with Crippen molar-refractivity contribution in [1.29, 1.82) is 0 Å². The minimum Gasteiger partial charge on any atom is -0.396 e. The van der Waals surface area contributed by atoms with E-state index in [1.807, 2.05) is 4.90 Å².